The lowest BCUT2D eigenvalue weighted by molar-refractivity contribution is 0.102. The van der Waals surface area contributed by atoms with Gasteiger partial charge in [0.25, 0.3) is 5.91 Å². The second-order valence-electron chi connectivity index (χ2n) is 6.33. The molecule has 134 valence electrons. The Kier molecular flexibility index (Phi) is 4.38. The van der Waals surface area contributed by atoms with E-state index in [9.17, 15) is 4.79 Å². The van der Waals surface area contributed by atoms with Crippen LogP contribution in [0.4, 0.5) is 5.82 Å². The number of nitrogens with one attached hydrogen (secondary N) is 1. The number of para-hydroxylation sites is 1. The number of aromatic nitrogens is 3. The van der Waals surface area contributed by atoms with Gasteiger partial charge in [0.15, 0.2) is 5.82 Å². The summed E-state index contributed by atoms with van der Waals surface area (Å²) in [7, 11) is 1.84. The van der Waals surface area contributed by atoms with Gasteiger partial charge in [0.2, 0.25) is 0 Å². The zero-order valence-corrected chi connectivity index (χ0v) is 15.7. The van der Waals surface area contributed by atoms with Crippen molar-refractivity contribution in [3.63, 3.8) is 0 Å². The van der Waals surface area contributed by atoms with E-state index in [-0.39, 0.29) is 5.91 Å². The van der Waals surface area contributed by atoms with E-state index >= 15 is 0 Å². The maximum absolute atomic E-state index is 13.0. The number of hydrogen-bond donors (Lipinski definition) is 1. The molecule has 1 amide bonds. The molecule has 0 fully saturated rings. The van der Waals surface area contributed by atoms with Gasteiger partial charge in [0.1, 0.15) is 0 Å². The predicted molar refractivity (Wildman–Crippen MR) is 108 cm³/mol. The van der Waals surface area contributed by atoms with Crippen LogP contribution in [-0.4, -0.2) is 20.7 Å². The normalized spacial score (nSPS) is 10.9. The van der Waals surface area contributed by atoms with Crippen LogP contribution in [0.2, 0.25) is 5.02 Å². The summed E-state index contributed by atoms with van der Waals surface area (Å²) in [5.41, 5.74) is 3.88. The van der Waals surface area contributed by atoms with Crippen molar-refractivity contribution in [2.45, 2.75) is 6.92 Å². The first-order valence-electron chi connectivity index (χ1n) is 8.49. The molecule has 5 nitrogen and oxygen atoms in total. The zero-order chi connectivity index (χ0) is 19.0. The number of carbonyl (C=O) groups is 1. The predicted octanol–water partition coefficient (Wildman–Crippen LogP) is 4.85. The molecule has 2 aromatic carbocycles. The molecule has 0 radical (unpaired) electrons. The molecule has 0 spiro atoms. The fourth-order valence-electron chi connectivity index (χ4n) is 2.94. The van der Waals surface area contributed by atoms with Crippen molar-refractivity contribution in [3.8, 4) is 11.3 Å². The number of hydrogen-bond acceptors (Lipinski definition) is 3. The lowest BCUT2D eigenvalue weighted by Gasteiger charge is -2.10. The van der Waals surface area contributed by atoms with E-state index in [4.69, 9.17) is 16.6 Å². The summed E-state index contributed by atoms with van der Waals surface area (Å²) in [6, 6.07) is 18.6. The number of benzene rings is 2. The number of fused-ring (bicyclic) bond motifs is 1. The minimum absolute atomic E-state index is 0.220. The number of carbonyl (C=O) groups excluding carboxylic acids is 1. The van der Waals surface area contributed by atoms with Crippen LogP contribution in [0.5, 0.6) is 0 Å². The highest BCUT2D eigenvalue weighted by Gasteiger charge is 2.15. The monoisotopic (exact) mass is 376 g/mol. The molecule has 6 heteroatoms. The van der Waals surface area contributed by atoms with Crippen LogP contribution in [0.25, 0.3) is 22.2 Å². The van der Waals surface area contributed by atoms with Crippen molar-refractivity contribution >= 4 is 34.2 Å². The minimum Gasteiger partial charge on any atom is -0.305 e. The quantitative estimate of drug-likeness (QED) is 0.556. The van der Waals surface area contributed by atoms with Crippen LogP contribution in [0.3, 0.4) is 0 Å². The Bertz CT molecular complexity index is 1130. The van der Waals surface area contributed by atoms with E-state index < -0.39 is 0 Å². The van der Waals surface area contributed by atoms with Gasteiger partial charge in [0, 0.05) is 34.8 Å². The van der Waals surface area contributed by atoms with E-state index in [2.05, 4.69) is 10.4 Å². The van der Waals surface area contributed by atoms with E-state index in [0.717, 1.165) is 22.2 Å². The zero-order valence-electron chi connectivity index (χ0n) is 14.9. The van der Waals surface area contributed by atoms with Gasteiger partial charge in [-0.25, -0.2) is 4.98 Å². The molecule has 0 bridgehead atoms. The number of halogens is 1. The molecule has 0 aliphatic carbocycles. The molecule has 0 unspecified atom stereocenters. The summed E-state index contributed by atoms with van der Waals surface area (Å²) in [5, 5.41) is 8.63. The maximum atomic E-state index is 13.0. The first kappa shape index (κ1) is 17.2. The third kappa shape index (κ3) is 3.41. The van der Waals surface area contributed by atoms with Gasteiger partial charge in [-0.2, -0.15) is 5.10 Å². The highest BCUT2D eigenvalue weighted by molar-refractivity contribution is 6.30. The van der Waals surface area contributed by atoms with Crippen LogP contribution >= 0.6 is 11.6 Å². The van der Waals surface area contributed by atoms with Gasteiger partial charge < -0.3 is 5.32 Å². The Labute approximate surface area is 161 Å². The summed E-state index contributed by atoms with van der Waals surface area (Å²) in [6.07, 6.45) is 0. The van der Waals surface area contributed by atoms with E-state index in [1.807, 2.05) is 68.6 Å². The van der Waals surface area contributed by atoms with Gasteiger partial charge in [-0.05, 0) is 31.2 Å². The number of nitrogens with zero attached hydrogens (tertiary/aromatic N) is 3. The first-order chi connectivity index (χ1) is 13.0. The van der Waals surface area contributed by atoms with Crippen molar-refractivity contribution in [2.75, 3.05) is 5.32 Å². The number of amides is 1. The Morgan fingerprint density at radius 1 is 1.07 bits per heavy atom. The third-order valence-corrected chi connectivity index (χ3v) is 4.71. The topological polar surface area (TPSA) is 59.8 Å². The Morgan fingerprint density at radius 2 is 1.81 bits per heavy atom. The smallest absolute Gasteiger partial charge is 0.257 e. The molecule has 2 heterocycles. The summed E-state index contributed by atoms with van der Waals surface area (Å²) in [5.74, 6) is 0.302. The molecule has 27 heavy (non-hydrogen) atoms. The average Bonchev–Trinajstić information content (AvgIpc) is 2.98. The molecular formula is C21H17ClN4O. The fraction of sp³-hybridized carbons (Fsp3) is 0.0952. The molecule has 4 rings (SSSR count). The summed E-state index contributed by atoms with van der Waals surface area (Å²) >= 11 is 5.99. The molecule has 0 saturated carbocycles. The number of pyridine rings is 1. The molecule has 4 aromatic rings. The molecule has 0 aliphatic rings. The van der Waals surface area contributed by atoms with Crippen molar-refractivity contribution < 1.29 is 4.79 Å². The lowest BCUT2D eigenvalue weighted by atomic mass is 10.0. The van der Waals surface area contributed by atoms with Crippen LogP contribution in [0.1, 0.15) is 16.1 Å². The number of rotatable bonds is 3. The van der Waals surface area contributed by atoms with Gasteiger partial charge in [-0.3, -0.25) is 9.48 Å². The minimum atomic E-state index is -0.220. The van der Waals surface area contributed by atoms with Gasteiger partial charge in [-0.15, -0.1) is 0 Å². The highest BCUT2D eigenvalue weighted by Crippen LogP contribution is 2.26. The van der Waals surface area contributed by atoms with Gasteiger partial charge >= 0.3 is 0 Å². The average molecular weight is 377 g/mol. The number of aryl methyl sites for hydroxylation is 2. The lowest BCUT2D eigenvalue weighted by Crippen LogP contribution is -2.13. The van der Waals surface area contributed by atoms with Crippen LogP contribution in [-0.2, 0) is 7.05 Å². The highest BCUT2D eigenvalue weighted by atomic mass is 35.5. The second-order valence-corrected chi connectivity index (χ2v) is 6.76. The first-order valence-corrected chi connectivity index (χ1v) is 8.87. The second kappa shape index (κ2) is 6.85. The standard InChI is InChI=1S/C21H17ClN4O/c1-13-11-20(25-26(13)2)24-21(27)17-12-19(14-7-9-15(22)10-8-14)23-18-6-4-3-5-16(17)18/h3-12H,1-2H3,(H,24,25,27). The molecule has 2 aromatic heterocycles. The van der Waals surface area contributed by atoms with Gasteiger partial charge in [-0.1, -0.05) is 41.9 Å². The van der Waals surface area contributed by atoms with Gasteiger partial charge in [0.05, 0.1) is 16.8 Å². The Balaban J connectivity index is 1.80. The van der Waals surface area contributed by atoms with E-state index in [1.165, 1.54) is 0 Å². The summed E-state index contributed by atoms with van der Waals surface area (Å²) in [4.78, 5) is 17.7. The van der Waals surface area contributed by atoms with Crippen LogP contribution < -0.4 is 5.32 Å². The molecule has 0 aliphatic heterocycles. The summed E-state index contributed by atoms with van der Waals surface area (Å²) < 4.78 is 1.72. The third-order valence-electron chi connectivity index (χ3n) is 4.46. The van der Waals surface area contributed by atoms with E-state index in [0.29, 0.717) is 22.1 Å². The van der Waals surface area contributed by atoms with Crippen molar-refractivity contribution in [1.29, 1.82) is 0 Å². The Morgan fingerprint density at radius 3 is 2.52 bits per heavy atom. The molecule has 0 atom stereocenters. The molecule has 0 saturated heterocycles. The molecule has 1 N–H and O–H groups in total. The summed E-state index contributed by atoms with van der Waals surface area (Å²) in [6.45, 7) is 1.93. The largest absolute Gasteiger partial charge is 0.305 e. The van der Waals surface area contributed by atoms with Crippen LogP contribution in [0, 0.1) is 6.92 Å². The van der Waals surface area contributed by atoms with Crippen molar-refractivity contribution in [3.05, 3.63) is 76.9 Å². The van der Waals surface area contributed by atoms with Crippen molar-refractivity contribution in [1.82, 2.24) is 14.8 Å². The van der Waals surface area contributed by atoms with E-state index in [1.54, 1.807) is 10.7 Å². The van der Waals surface area contributed by atoms with Crippen LogP contribution in [0.15, 0.2) is 60.7 Å². The van der Waals surface area contributed by atoms with Crippen molar-refractivity contribution in [2.24, 2.45) is 7.05 Å². The SMILES string of the molecule is Cc1cc(NC(=O)c2cc(-c3ccc(Cl)cc3)nc3ccccc23)nn1C. The maximum Gasteiger partial charge on any atom is 0.257 e. The Hall–Kier alpha value is -3.18. The number of anilines is 1. The fourth-order valence-corrected chi connectivity index (χ4v) is 3.06. The molecular weight excluding hydrogens is 360 g/mol.